The van der Waals surface area contributed by atoms with Crippen LogP contribution in [0.5, 0.6) is 0 Å². The molecule has 0 fully saturated rings. The van der Waals surface area contributed by atoms with E-state index in [2.05, 4.69) is 0 Å². The summed E-state index contributed by atoms with van der Waals surface area (Å²) < 4.78 is 0. The van der Waals surface area contributed by atoms with Gasteiger partial charge >= 0.3 is 5.97 Å². The van der Waals surface area contributed by atoms with Crippen molar-refractivity contribution in [3.63, 3.8) is 0 Å². The molecule has 0 spiro atoms. The van der Waals surface area contributed by atoms with Crippen molar-refractivity contribution in [2.75, 3.05) is 6.61 Å². The number of carbonyl (C=O) groups is 1. The van der Waals surface area contributed by atoms with Gasteiger partial charge in [-0.25, -0.2) is 0 Å². The number of hydrogen-bond donors (Lipinski definition) is 2. The SMILES string of the molecule is Cc1cccc([C@H](CO)C(=O)O)c1. The highest BCUT2D eigenvalue weighted by atomic mass is 16.4. The fraction of sp³-hybridized carbons (Fsp3) is 0.300. The molecule has 0 saturated heterocycles. The van der Waals surface area contributed by atoms with Crippen LogP contribution in [0.1, 0.15) is 17.0 Å². The van der Waals surface area contributed by atoms with Crippen LogP contribution < -0.4 is 0 Å². The number of carboxylic acid groups (broad SMARTS) is 1. The van der Waals surface area contributed by atoms with Crippen molar-refractivity contribution in [3.8, 4) is 0 Å². The summed E-state index contributed by atoms with van der Waals surface area (Å²) in [6, 6.07) is 7.16. The van der Waals surface area contributed by atoms with E-state index in [-0.39, 0.29) is 6.61 Å². The first-order valence-corrected chi connectivity index (χ1v) is 4.05. The maximum atomic E-state index is 10.7. The number of carboxylic acids is 1. The molecule has 0 aliphatic carbocycles. The molecule has 3 heteroatoms. The molecule has 1 rings (SSSR count). The van der Waals surface area contributed by atoms with Crippen LogP contribution in [0.2, 0.25) is 0 Å². The normalized spacial score (nSPS) is 12.5. The molecular formula is C10H12O3. The zero-order chi connectivity index (χ0) is 9.84. The molecule has 70 valence electrons. The van der Waals surface area contributed by atoms with Gasteiger partial charge in [0.2, 0.25) is 0 Å². The molecule has 0 bridgehead atoms. The third kappa shape index (κ3) is 2.29. The van der Waals surface area contributed by atoms with Gasteiger partial charge in [0.1, 0.15) is 5.92 Å². The van der Waals surface area contributed by atoms with Gasteiger partial charge in [-0.1, -0.05) is 29.8 Å². The summed E-state index contributed by atoms with van der Waals surface area (Å²) in [4.78, 5) is 10.7. The summed E-state index contributed by atoms with van der Waals surface area (Å²) in [5.41, 5.74) is 1.65. The lowest BCUT2D eigenvalue weighted by Crippen LogP contribution is -2.15. The van der Waals surface area contributed by atoms with E-state index in [1.54, 1.807) is 18.2 Å². The molecule has 3 nitrogen and oxygen atoms in total. The van der Waals surface area contributed by atoms with Crippen molar-refractivity contribution in [2.24, 2.45) is 0 Å². The molecule has 1 atom stereocenters. The number of aliphatic carboxylic acids is 1. The van der Waals surface area contributed by atoms with Crippen LogP contribution in [0.4, 0.5) is 0 Å². The second-order valence-corrected chi connectivity index (χ2v) is 2.99. The second kappa shape index (κ2) is 4.05. The topological polar surface area (TPSA) is 57.5 Å². The Hall–Kier alpha value is -1.35. The first-order valence-electron chi connectivity index (χ1n) is 4.05. The van der Waals surface area contributed by atoms with Crippen LogP contribution in [0, 0.1) is 6.92 Å². The Labute approximate surface area is 76.6 Å². The Morgan fingerprint density at radius 1 is 1.54 bits per heavy atom. The molecule has 0 heterocycles. The molecule has 0 unspecified atom stereocenters. The third-order valence-electron chi connectivity index (χ3n) is 1.93. The zero-order valence-electron chi connectivity index (χ0n) is 7.40. The van der Waals surface area contributed by atoms with Crippen molar-refractivity contribution >= 4 is 5.97 Å². The van der Waals surface area contributed by atoms with Gasteiger partial charge in [0.25, 0.3) is 0 Å². The van der Waals surface area contributed by atoms with Crippen molar-refractivity contribution < 1.29 is 15.0 Å². The minimum Gasteiger partial charge on any atom is -0.481 e. The van der Waals surface area contributed by atoms with Crippen LogP contribution in [-0.4, -0.2) is 22.8 Å². The molecule has 1 aromatic rings. The average Bonchev–Trinajstić information content (AvgIpc) is 2.04. The first-order chi connectivity index (χ1) is 6.15. The maximum Gasteiger partial charge on any atom is 0.313 e. The van der Waals surface area contributed by atoms with Gasteiger partial charge in [0.05, 0.1) is 6.61 Å². The zero-order valence-corrected chi connectivity index (χ0v) is 7.40. The molecule has 0 amide bonds. The summed E-state index contributed by atoms with van der Waals surface area (Å²) >= 11 is 0. The molecular weight excluding hydrogens is 168 g/mol. The molecule has 0 saturated carbocycles. The monoisotopic (exact) mass is 180 g/mol. The Kier molecular flexibility index (Phi) is 3.03. The fourth-order valence-electron chi connectivity index (χ4n) is 1.21. The van der Waals surface area contributed by atoms with Gasteiger partial charge in [0, 0.05) is 0 Å². The van der Waals surface area contributed by atoms with Crippen LogP contribution in [0.3, 0.4) is 0 Å². The van der Waals surface area contributed by atoms with Crippen LogP contribution in [0.25, 0.3) is 0 Å². The fourth-order valence-corrected chi connectivity index (χ4v) is 1.21. The van der Waals surface area contributed by atoms with Gasteiger partial charge in [-0.15, -0.1) is 0 Å². The molecule has 0 radical (unpaired) electrons. The highest BCUT2D eigenvalue weighted by Gasteiger charge is 2.18. The van der Waals surface area contributed by atoms with E-state index in [9.17, 15) is 4.79 Å². The van der Waals surface area contributed by atoms with E-state index < -0.39 is 11.9 Å². The molecule has 1 aromatic carbocycles. The van der Waals surface area contributed by atoms with E-state index in [4.69, 9.17) is 10.2 Å². The van der Waals surface area contributed by atoms with E-state index in [1.807, 2.05) is 13.0 Å². The molecule has 0 aromatic heterocycles. The van der Waals surface area contributed by atoms with Gasteiger partial charge in [-0.3, -0.25) is 4.79 Å². The number of aliphatic hydroxyl groups excluding tert-OH is 1. The van der Waals surface area contributed by atoms with Gasteiger partial charge in [-0.05, 0) is 12.5 Å². The van der Waals surface area contributed by atoms with Crippen molar-refractivity contribution in [3.05, 3.63) is 35.4 Å². The lowest BCUT2D eigenvalue weighted by atomic mass is 9.99. The summed E-state index contributed by atoms with van der Waals surface area (Å²) in [5, 5.41) is 17.6. The Morgan fingerprint density at radius 3 is 2.69 bits per heavy atom. The van der Waals surface area contributed by atoms with Gasteiger partial charge in [0.15, 0.2) is 0 Å². The highest BCUT2D eigenvalue weighted by Crippen LogP contribution is 2.16. The predicted molar refractivity (Wildman–Crippen MR) is 48.6 cm³/mol. The summed E-state index contributed by atoms with van der Waals surface area (Å²) in [5.74, 6) is -1.80. The molecule has 13 heavy (non-hydrogen) atoms. The Balaban J connectivity index is 2.98. The summed E-state index contributed by atoms with van der Waals surface area (Å²) in [6.45, 7) is 1.53. The van der Waals surface area contributed by atoms with Crippen LogP contribution in [0.15, 0.2) is 24.3 Å². The van der Waals surface area contributed by atoms with Crippen molar-refractivity contribution in [1.29, 1.82) is 0 Å². The Bertz CT molecular complexity index is 307. The quantitative estimate of drug-likeness (QED) is 0.733. The van der Waals surface area contributed by atoms with Crippen LogP contribution in [-0.2, 0) is 4.79 Å². The maximum absolute atomic E-state index is 10.7. The van der Waals surface area contributed by atoms with E-state index in [0.717, 1.165) is 5.56 Å². The summed E-state index contributed by atoms with van der Waals surface area (Å²) in [7, 11) is 0. The van der Waals surface area contributed by atoms with E-state index in [1.165, 1.54) is 0 Å². The third-order valence-corrected chi connectivity index (χ3v) is 1.93. The molecule has 0 aliphatic rings. The van der Waals surface area contributed by atoms with Crippen LogP contribution >= 0.6 is 0 Å². The number of hydrogen-bond acceptors (Lipinski definition) is 2. The minimum atomic E-state index is -0.992. The summed E-state index contributed by atoms with van der Waals surface area (Å²) in [6.07, 6.45) is 0. The van der Waals surface area contributed by atoms with Crippen molar-refractivity contribution in [1.82, 2.24) is 0 Å². The van der Waals surface area contributed by atoms with Gasteiger partial charge in [-0.2, -0.15) is 0 Å². The smallest absolute Gasteiger partial charge is 0.313 e. The van der Waals surface area contributed by atoms with Gasteiger partial charge < -0.3 is 10.2 Å². The number of benzene rings is 1. The molecule has 2 N–H and O–H groups in total. The molecule has 0 aliphatic heterocycles. The average molecular weight is 180 g/mol. The van der Waals surface area contributed by atoms with E-state index >= 15 is 0 Å². The minimum absolute atomic E-state index is 0.362. The lowest BCUT2D eigenvalue weighted by molar-refractivity contribution is -0.139. The predicted octanol–water partition coefficient (Wildman–Crippen LogP) is 1.16. The second-order valence-electron chi connectivity index (χ2n) is 2.99. The van der Waals surface area contributed by atoms with Crippen molar-refractivity contribution in [2.45, 2.75) is 12.8 Å². The number of aliphatic hydroxyl groups is 1. The highest BCUT2D eigenvalue weighted by molar-refractivity contribution is 5.76. The number of rotatable bonds is 3. The standard InChI is InChI=1S/C10H12O3/c1-7-3-2-4-8(5-7)9(6-11)10(12)13/h2-5,9,11H,6H2,1H3,(H,12,13)/t9-/m0/s1. The first kappa shape index (κ1) is 9.74. The lowest BCUT2D eigenvalue weighted by Gasteiger charge is -2.09. The number of aryl methyl sites for hydroxylation is 1. The van der Waals surface area contributed by atoms with E-state index in [0.29, 0.717) is 5.56 Å². The largest absolute Gasteiger partial charge is 0.481 e. The Morgan fingerprint density at radius 2 is 2.23 bits per heavy atom.